The van der Waals surface area contributed by atoms with Gasteiger partial charge in [0.2, 0.25) is 5.91 Å². The first kappa shape index (κ1) is 17.3. The molecule has 132 valence electrons. The zero-order chi connectivity index (χ0) is 18.2. The monoisotopic (exact) mass is 349 g/mol. The van der Waals surface area contributed by atoms with Gasteiger partial charge in [-0.1, -0.05) is 0 Å². The summed E-state index contributed by atoms with van der Waals surface area (Å²) in [6, 6.07) is 18.1. The molecule has 6 nitrogen and oxygen atoms in total. The van der Waals surface area contributed by atoms with Gasteiger partial charge < -0.3 is 20.1 Å². The number of hydrogen-bond donors (Lipinski definition) is 2. The van der Waals surface area contributed by atoms with E-state index in [2.05, 4.69) is 15.6 Å². The fraction of sp³-hybridized carbons (Fsp3) is 0.100. The lowest BCUT2D eigenvalue weighted by Crippen LogP contribution is -2.21. The van der Waals surface area contributed by atoms with E-state index in [0.717, 1.165) is 22.9 Å². The Morgan fingerprint density at radius 1 is 0.846 bits per heavy atom. The molecule has 0 saturated heterocycles. The van der Waals surface area contributed by atoms with Crippen molar-refractivity contribution in [2.75, 3.05) is 24.3 Å². The van der Waals surface area contributed by atoms with E-state index < -0.39 is 0 Å². The number of pyridine rings is 1. The Morgan fingerprint density at radius 2 is 1.42 bits per heavy atom. The van der Waals surface area contributed by atoms with E-state index in [1.807, 2.05) is 24.3 Å². The molecule has 0 aliphatic carbocycles. The molecular formula is C20H19N3O3. The Balaban J connectivity index is 1.48. The Labute approximate surface area is 151 Å². The first-order valence-corrected chi connectivity index (χ1v) is 8.09. The van der Waals surface area contributed by atoms with Gasteiger partial charge in [-0.2, -0.15) is 0 Å². The van der Waals surface area contributed by atoms with Crippen molar-refractivity contribution in [3.05, 3.63) is 73.1 Å². The van der Waals surface area contributed by atoms with Crippen LogP contribution in [-0.2, 0) is 4.79 Å². The van der Waals surface area contributed by atoms with Crippen LogP contribution in [0.5, 0.6) is 17.2 Å². The number of benzene rings is 2. The van der Waals surface area contributed by atoms with Crippen LogP contribution in [0.4, 0.5) is 11.4 Å². The van der Waals surface area contributed by atoms with E-state index in [4.69, 9.17) is 9.47 Å². The lowest BCUT2D eigenvalue weighted by molar-refractivity contribution is -0.114. The van der Waals surface area contributed by atoms with Crippen LogP contribution in [0.2, 0.25) is 0 Å². The second kappa shape index (κ2) is 8.53. The molecule has 1 aromatic heterocycles. The van der Waals surface area contributed by atoms with Crippen molar-refractivity contribution in [3.63, 3.8) is 0 Å². The summed E-state index contributed by atoms with van der Waals surface area (Å²) in [5.74, 6) is 2.05. The van der Waals surface area contributed by atoms with Gasteiger partial charge in [0.15, 0.2) is 0 Å². The van der Waals surface area contributed by atoms with E-state index in [-0.39, 0.29) is 12.5 Å². The molecule has 6 heteroatoms. The fourth-order valence-electron chi connectivity index (χ4n) is 2.25. The molecule has 0 atom stereocenters. The van der Waals surface area contributed by atoms with Crippen molar-refractivity contribution < 1.29 is 14.3 Å². The fourth-order valence-corrected chi connectivity index (χ4v) is 2.25. The van der Waals surface area contributed by atoms with Crippen molar-refractivity contribution in [2.45, 2.75) is 0 Å². The van der Waals surface area contributed by atoms with Gasteiger partial charge in [0.25, 0.3) is 0 Å². The van der Waals surface area contributed by atoms with Gasteiger partial charge in [0.1, 0.15) is 17.2 Å². The highest BCUT2D eigenvalue weighted by Gasteiger charge is 2.03. The SMILES string of the molecule is COc1ccc(NC(=O)CNc2ccc(Oc3ccncc3)cc2)cc1. The molecule has 0 fully saturated rings. The van der Waals surface area contributed by atoms with Crippen LogP contribution in [0.1, 0.15) is 0 Å². The number of methoxy groups -OCH3 is 1. The molecule has 0 aliphatic rings. The molecule has 0 spiro atoms. The quantitative estimate of drug-likeness (QED) is 0.676. The average Bonchev–Trinajstić information content (AvgIpc) is 2.69. The standard InChI is InChI=1S/C20H19N3O3/c1-25-17-6-4-16(5-7-17)23-20(24)14-22-15-2-8-18(9-3-15)26-19-10-12-21-13-11-19/h2-13,22H,14H2,1H3,(H,23,24). The Morgan fingerprint density at radius 3 is 2.08 bits per heavy atom. The molecule has 2 aromatic carbocycles. The van der Waals surface area contributed by atoms with Crippen LogP contribution in [-0.4, -0.2) is 24.5 Å². The van der Waals surface area contributed by atoms with E-state index in [0.29, 0.717) is 5.75 Å². The highest BCUT2D eigenvalue weighted by molar-refractivity contribution is 5.93. The van der Waals surface area contributed by atoms with Gasteiger partial charge in [-0.05, 0) is 60.7 Å². The largest absolute Gasteiger partial charge is 0.497 e. The van der Waals surface area contributed by atoms with Gasteiger partial charge in [0.05, 0.1) is 13.7 Å². The van der Waals surface area contributed by atoms with Crippen LogP contribution >= 0.6 is 0 Å². The maximum Gasteiger partial charge on any atom is 0.243 e. The summed E-state index contributed by atoms with van der Waals surface area (Å²) in [5.41, 5.74) is 1.55. The predicted molar refractivity (Wildman–Crippen MR) is 101 cm³/mol. The Hall–Kier alpha value is -3.54. The molecule has 0 radical (unpaired) electrons. The van der Waals surface area contributed by atoms with Crippen molar-refractivity contribution >= 4 is 17.3 Å². The zero-order valence-electron chi connectivity index (χ0n) is 14.3. The minimum atomic E-state index is -0.132. The van der Waals surface area contributed by atoms with Crippen molar-refractivity contribution in [1.29, 1.82) is 0 Å². The highest BCUT2D eigenvalue weighted by Crippen LogP contribution is 2.22. The van der Waals surface area contributed by atoms with Gasteiger partial charge in [-0.3, -0.25) is 9.78 Å². The number of ether oxygens (including phenoxy) is 2. The molecule has 1 amide bonds. The van der Waals surface area contributed by atoms with Gasteiger partial charge >= 0.3 is 0 Å². The minimum Gasteiger partial charge on any atom is -0.497 e. The number of aromatic nitrogens is 1. The lowest BCUT2D eigenvalue weighted by atomic mass is 10.3. The maximum atomic E-state index is 12.0. The van der Waals surface area contributed by atoms with Crippen molar-refractivity contribution in [1.82, 2.24) is 4.98 Å². The van der Waals surface area contributed by atoms with E-state index in [1.54, 1.807) is 55.9 Å². The first-order chi connectivity index (χ1) is 12.7. The van der Waals surface area contributed by atoms with Gasteiger partial charge in [-0.25, -0.2) is 0 Å². The average molecular weight is 349 g/mol. The summed E-state index contributed by atoms with van der Waals surface area (Å²) in [6.07, 6.45) is 3.35. The summed E-state index contributed by atoms with van der Waals surface area (Å²) in [5, 5.41) is 5.90. The molecule has 3 aromatic rings. The molecular weight excluding hydrogens is 330 g/mol. The third-order valence-corrected chi connectivity index (χ3v) is 3.57. The topological polar surface area (TPSA) is 72.5 Å². The second-order valence-electron chi connectivity index (χ2n) is 5.44. The van der Waals surface area contributed by atoms with E-state index in [9.17, 15) is 4.79 Å². The minimum absolute atomic E-state index is 0.132. The number of carbonyl (C=O) groups excluding carboxylic acids is 1. The third-order valence-electron chi connectivity index (χ3n) is 3.57. The first-order valence-electron chi connectivity index (χ1n) is 8.09. The summed E-state index contributed by atoms with van der Waals surface area (Å²) < 4.78 is 10.8. The predicted octanol–water partition coefficient (Wildman–Crippen LogP) is 3.93. The summed E-state index contributed by atoms with van der Waals surface area (Å²) in [6.45, 7) is 0.163. The van der Waals surface area contributed by atoms with E-state index >= 15 is 0 Å². The molecule has 0 saturated carbocycles. The van der Waals surface area contributed by atoms with Crippen LogP contribution in [0.3, 0.4) is 0 Å². The number of hydrogen-bond acceptors (Lipinski definition) is 5. The number of carbonyl (C=O) groups is 1. The lowest BCUT2D eigenvalue weighted by Gasteiger charge is -2.09. The van der Waals surface area contributed by atoms with Gasteiger partial charge in [-0.15, -0.1) is 0 Å². The van der Waals surface area contributed by atoms with Crippen molar-refractivity contribution in [2.24, 2.45) is 0 Å². The van der Waals surface area contributed by atoms with Gasteiger partial charge in [0, 0.05) is 23.8 Å². The molecule has 26 heavy (non-hydrogen) atoms. The van der Waals surface area contributed by atoms with E-state index in [1.165, 1.54) is 0 Å². The summed E-state index contributed by atoms with van der Waals surface area (Å²) in [7, 11) is 1.60. The van der Waals surface area contributed by atoms with Crippen molar-refractivity contribution in [3.8, 4) is 17.2 Å². The summed E-state index contributed by atoms with van der Waals surface area (Å²) in [4.78, 5) is 16.0. The Kier molecular flexibility index (Phi) is 5.67. The van der Waals surface area contributed by atoms with Crippen LogP contribution in [0, 0.1) is 0 Å². The number of rotatable bonds is 7. The highest BCUT2D eigenvalue weighted by atomic mass is 16.5. The second-order valence-corrected chi connectivity index (χ2v) is 5.44. The molecule has 0 aliphatic heterocycles. The number of amides is 1. The van der Waals surface area contributed by atoms with Crippen LogP contribution < -0.4 is 20.1 Å². The smallest absolute Gasteiger partial charge is 0.243 e. The van der Waals surface area contributed by atoms with Crippen LogP contribution in [0.25, 0.3) is 0 Å². The third kappa shape index (κ3) is 4.98. The Bertz CT molecular complexity index is 834. The number of anilines is 2. The molecule has 1 heterocycles. The number of nitrogens with one attached hydrogen (secondary N) is 2. The number of nitrogens with zero attached hydrogens (tertiary/aromatic N) is 1. The normalized spacial score (nSPS) is 10.0. The van der Waals surface area contributed by atoms with Crippen LogP contribution in [0.15, 0.2) is 73.1 Å². The molecule has 0 bridgehead atoms. The molecule has 3 rings (SSSR count). The molecule has 0 unspecified atom stereocenters. The summed E-state index contributed by atoms with van der Waals surface area (Å²) >= 11 is 0. The maximum absolute atomic E-state index is 12.0. The zero-order valence-corrected chi connectivity index (χ0v) is 14.3. The molecule has 2 N–H and O–H groups in total.